The maximum Gasteiger partial charge on any atom is 0.305 e. The number of aliphatic carboxylic acids is 1. The summed E-state index contributed by atoms with van der Waals surface area (Å²) in [5, 5.41) is 12.1. The molecule has 1 aliphatic carbocycles. The van der Waals surface area contributed by atoms with Gasteiger partial charge in [-0.2, -0.15) is 0 Å². The minimum atomic E-state index is -0.961. The summed E-state index contributed by atoms with van der Waals surface area (Å²) in [6.45, 7) is 1.34. The van der Waals surface area contributed by atoms with Gasteiger partial charge < -0.3 is 15.3 Å². The molecule has 0 saturated heterocycles. The highest BCUT2D eigenvalue weighted by Gasteiger charge is 2.23. The highest BCUT2D eigenvalue weighted by atomic mass is 16.4. The fourth-order valence-electron chi connectivity index (χ4n) is 2.82. The molecular formula is C17H24N2O3. The molecule has 1 atom stereocenters. The van der Waals surface area contributed by atoms with E-state index in [1.165, 1.54) is 11.1 Å². The first-order valence-corrected chi connectivity index (χ1v) is 7.73. The predicted octanol–water partition coefficient (Wildman–Crippen LogP) is 1.35. The molecule has 0 bridgehead atoms. The molecule has 0 fully saturated rings. The number of Topliss-reactive ketones (excluding diaryl/α,β-unsaturated/α-hetero) is 1. The predicted molar refractivity (Wildman–Crippen MR) is 85.4 cm³/mol. The number of ketones is 1. The van der Waals surface area contributed by atoms with Crippen molar-refractivity contribution < 1.29 is 14.7 Å². The molecule has 1 aromatic rings. The van der Waals surface area contributed by atoms with Crippen LogP contribution in [0, 0.1) is 0 Å². The average molecular weight is 304 g/mol. The molecule has 1 aliphatic rings. The summed E-state index contributed by atoms with van der Waals surface area (Å²) >= 11 is 0. The normalized spacial score (nSPS) is 14.9. The van der Waals surface area contributed by atoms with Crippen LogP contribution in [-0.2, 0) is 17.6 Å². The standard InChI is InChI=1S/C17H24N2O3/c1-19(2)9-8-18-15(11-16(20)21)17(22)14-7-6-12-4-3-5-13(12)10-14/h6-7,10,15,18H,3-5,8-9,11H2,1-2H3,(H,20,21). The minimum Gasteiger partial charge on any atom is -0.481 e. The van der Waals surface area contributed by atoms with E-state index in [1.807, 2.05) is 37.2 Å². The first-order valence-electron chi connectivity index (χ1n) is 7.73. The summed E-state index contributed by atoms with van der Waals surface area (Å²) in [6.07, 6.45) is 3.02. The second kappa shape index (κ2) is 7.51. The maximum atomic E-state index is 12.6. The third-order valence-electron chi connectivity index (χ3n) is 4.03. The molecule has 2 rings (SSSR count). The molecule has 2 N–H and O–H groups in total. The number of benzene rings is 1. The van der Waals surface area contributed by atoms with E-state index in [0.29, 0.717) is 12.1 Å². The molecule has 0 amide bonds. The molecule has 120 valence electrons. The SMILES string of the molecule is CN(C)CCNC(CC(=O)O)C(=O)c1ccc2c(c1)CCC2. The van der Waals surface area contributed by atoms with Gasteiger partial charge in [-0.1, -0.05) is 12.1 Å². The monoisotopic (exact) mass is 304 g/mol. The van der Waals surface area contributed by atoms with Gasteiger partial charge in [-0.3, -0.25) is 9.59 Å². The van der Waals surface area contributed by atoms with Crippen LogP contribution in [-0.4, -0.2) is 55.0 Å². The van der Waals surface area contributed by atoms with E-state index in [0.717, 1.165) is 25.8 Å². The first kappa shape index (κ1) is 16.6. The smallest absolute Gasteiger partial charge is 0.305 e. The van der Waals surface area contributed by atoms with Gasteiger partial charge in [0.25, 0.3) is 0 Å². The third-order valence-corrected chi connectivity index (χ3v) is 4.03. The molecule has 5 nitrogen and oxygen atoms in total. The zero-order valence-corrected chi connectivity index (χ0v) is 13.3. The molecule has 0 heterocycles. The number of carbonyl (C=O) groups is 2. The van der Waals surface area contributed by atoms with Gasteiger partial charge in [0.15, 0.2) is 5.78 Å². The Bertz CT molecular complexity index is 555. The largest absolute Gasteiger partial charge is 0.481 e. The number of likely N-dealkylation sites (N-methyl/N-ethyl adjacent to an activating group) is 1. The van der Waals surface area contributed by atoms with E-state index in [-0.39, 0.29) is 12.2 Å². The Morgan fingerprint density at radius 2 is 2.00 bits per heavy atom. The van der Waals surface area contributed by atoms with Gasteiger partial charge >= 0.3 is 5.97 Å². The Hall–Kier alpha value is -1.72. The molecule has 22 heavy (non-hydrogen) atoms. The highest BCUT2D eigenvalue weighted by Crippen LogP contribution is 2.23. The van der Waals surface area contributed by atoms with Crippen molar-refractivity contribution in [1.82, 2.24) is 10.2 Å². The van der Waals surface area contributed by atoms with Crippen LogP contribution in [0.3, 0.4) is 0 Å². The van der Waals surface area contributed by atoms with Gasteiger partial charge in [0.05, 0.1) is 12.5 Å². The molecule has 0 saturated carbocycles. The number of rotatable bonds is 8. The van der Waals surface area contributed by atoms with Crippen molar-refractivity contribution in [2.24, 2.45) is 0 Å². The van der Waals surface area contributed by atoms with Gasteiger partial charge in [-0.25, -0.2) is 0 Å². The Balaban J connectivity index is 2.08. The summed E-state index contributed by atoms with van der Waals surface area (Å²) < 4.78 is 0. The fraction of sp³-hybridized carbons (Fsp3) is 0.529. The van der Waals surface area contributed by atoms with Crippen LogP contribution in [0.5, 0.6) is 0 Å². The van der Waals surface area contributed by atoms with Crippen LogP contribution in [0.15, 0.2) is 18.2 Å². The van der Waals surface area contributed by atoms with Crippen LogP contribution < -0.4 is 5.32 Å². The minimum absolute atomic E-state index is 0.129. The van der Waals surface area contributed by atoms with Crippen molar-refractivity contribution >= 4 is 11.8 Å². The molecule has 0 radical (unpaired) electrons. The summed E-state index contributed by atoms with van der Waals surface area (Å²) in [7, 11) is 3.88. The number of fused-ring (bicyclic) bond motifs is 1. The summed E-state index contributed by atoms with van der Waals surface area (Å²) in [5.41, 5.74) is 3.16. The van der Waals surface area contributed by atoms with Crippen LogP contribution in [0.2, 0.25) is 0 Å². The van der Waals surface area contributed by atoms with Crippen molar-refractivity contribution in [1.29, 1.82) is 0 Å². The Kier molecular flexibility index (Phi) is 5.69. The lowest BCUT2D eigenvalue weighted by molar-refractivity contribution is -0.137. The van der Waals surface area contributed by atoms with Crippen molar-refractivity contribution in [2.45, 2.75) is 31.7 Å². The lowest BCUT2D eigenvalue weighted by Crippen LogP contribution is -2.41. The van der Waals surface area contributed by atoms with E-state index in [1.54, 1.807) is 0 Å². The van der Waals surface area contributed by atoms with Crippen molar-refractivity contribution in [3.8, 4) is 0 Å². The van der Waals surface area contributed by atoms with Crippen molar-refractivity contribution in [3.63, 3.8) is 0 Å². The summed E-state index contributed by atoms with van der Waals surface area (Å²) in [5.74, 6) is -1.09. The number of carboxylic acids is 1. The van der Waals surface area contributed by atoms with E-state index in [9.17, 15) is 9.59 Å². The first-order chi connectivity index (χ1) is 10.5. The topological polar surface area (TPSA) is 69.6 Å². The van der Waals surface area contributed by atoms with E-state index >= 15 is 0 Å². The van der Waals surface area contributed by atoms with Gasteiger partial charge in [-0.05, 0) is 50.6 Å². The van der Waals surface area contributed by atoms with Crippen molar-refractivity contribution in [2.75, 3.05) is 27.2 Å². The second-order valence-electron chi connectivity index (χ2n) is 6.11. The lowest BCUT2D eigenvalue weighted by atomic mass is 9.98. The number of carbonyl (C=O) groups excluding carboxylic acids is 1. The zero-order chi connectivity index (χ0) is 16.1. The van der Waals surface area contributed by atoms with E-state index < -0.39 is 12.0 Å². The van der Waals surface area contributed by atoms with Crippen LogP contribution in [0.1, 0.15) is 34.3 Å². The second-order valence-corrected chi connectivity index (χ2v) is 6.11. The molecule has 5 heteroatoms. The van der Waals surface area contributed by atoms with E-state index in [4.69, 9.17) is 5.11 Å². The number of carboxylic acid groups (broad SMARTS) is 1. The molecule has 0 aromatic heterocycles. The van der Waals surface area contributed by atoms with Crippen LogP contribution >= 0.6 is 0 Å². The van der Waals surface area contributed by atoms with Gasteiger partial charge in [0.1, 0.15) is 0 Å². The zero-order valence-electron chi connectivity index (χ0n) is 13.3. The van der Waals surface area contributed by atoms with E-state index in [2.05, 4.69) is 5.32 Å². The Morgan fingerprint density at radius 1 is 1.27 bits per heavy atom. The number of hydrogen-bond acceptors (Lipinski definition) is 4. The summed E-state index contributed by atoms with van der Waals surface area (Å²) in [6, 6.07) is 5.10. The van der Waals surface area contributed by atoms with Gasteiger partial charge in [-0.15, -0.1) is 0 Å². The number of aryl methyl sites for hydroxylation is 2. The molecule has 0 aliphatic heterocycles. The quantitative estimate of drug-likeness (QED) is 0.710. The van der Waals surface area contributed by atoms with Crippen molar-refractivity contribution in [3.05, 3.63) is 34.9 Å². The molecule has 1 aromatic carbocycles. The Labute approximate surface area is 131 Å². The fourth-order valence-corrected chi connectivity index (χ4v) is 2.82. The maximum absolute atomic E-state index is 12.6. The number of hydrogen-bond donors (Lipinski definition) is 2. The lowest BCUT2D eigenvalue weighted by Gasteiger charge is -2.18. The number of nitrogens with zero attached hydrogens (tertiary/aromatic N) is 1. The Morgan fingerprint density at radius 3 is 2.68 bits per heavy atom. The average Bonchev–Trinajstić information content (AvgIpc) is 2.92. The molecular weight excluding hydrogens is 280 g/mol. The number of nitrogens with one attached hydrogen (secondary N) is 1. The summed E-state index contributed by atoms with van der Waals surface area (Å²) in [4.78, 5) is 25.6. The van der Waals surface area contributed by atoms with Gasteiger partial charge in [0, 0.05) is 18.7 Å². The molecule has 0 spiro atoms. The highest BCUT2D eigenvalue weighted by molar-refractivity contribution is 6.02. The van der Waals surface area contributed by atoms with Crippen LogP contribution in [0.4, 0.5) is 0 Å². The van der Waals surface area contributed by atoms with Gasteiger partial charge in [0.2, 0.25) is 0 Å². The van der Waals surface area contributed by atoms with Crippen LogP contribution in [0.25, 0.3) is 0 Å². The molecule has 1 unspecified atom stereocenters. The third kappa shape index (κ3) is 4.39.